The summed E-state index contributed by atoms with van der Waals surface area (Å²) in [6.45, 7) is 13.8. The molecule has 3 fully saturated rings. The van der Waals surface area contributed by atoms with Crippen molar-refractivity contribution in [3.05, 3.63) is 59.7 Å². The quantitative estimate of drug-likeness (QED) is 0.187. The standard InChI is InChI=1S/C36H44BrN5O9S/c1-7-22-18-36(22,33(46)41-52(48,49)25-10-11-25)40-30(44)28-17-24(50-31-26-16-23(37)9-8-21(26)14-15-38-31)19-42(28)32(45)27(12-13-29(43)20(2)3)39-34(47)51-35(4,5)6/h7-9,14-16,22,24-25,27-28H,1-2,10-13,17-19H2,3-6H3,(H,39,47)(H,40,44)(H,41,46)/t22-,24-,27+,28+,36-/m1/s1. The molecule has 2 heterocycles. The minimum absolute atomic E-state index is 0.0374. The van der Waals surface area contributed by atoms with Crippen LogP contribution in [-0.4, -0.2) is 89.0 Å². The fraction of sp³-hybridized carbons (Fsp3) is 0.500. The van der Waals surface area contributed by atoms with Crippen LogP contribution >= 0.6 is 15.9 Å². The Morgan fingerprint density at radius 1 is 1.17 bits per heavy atom. The maximum absolute atomic E-state index is 14.4. The number of ether oxygens (including phenoxy) is 2. The highest BCUT2D eigenvalue weighted by atomic mass is 79.9. The average Bonchev–Trinajstić information content (AvgIpc) is 3.98. The molecule has 0 radical (unpaired) electrons. The van der Waals surface area contributed by atoms with E-state index in [1.165, 1.54) is 11.0 Å². The number of hydrogen-bond acceptors (Lipinski definition) is 10. The first-order valence-corrected chi connectivity index (χ1v) is 19.4. The highest BCUT2D eigenvalue weighted by Gasteiger charge is 2.62. The number of nitrogens with one attached hydrogen (secondary N) is 3. The number of alkyl carbamates (subject to hydrolysis) is 1. The lowest BCUT2D eigenvalue weighted by Crippen LogP contribution is -2.58. The van der Waals surface area contributed by atoms with E-state index in [2.05, 4.69) is 49.4 Å². The van der Waals surface area contributed by atoms with Crippen LogP contribution < -0.4 is 20.1 Å². The Kier molecular flexibility index (Phi) is 11.2. The molecule has 16 heteroatoms. The number of allylic oxidation sites excluding steroid dienone is 1. The van der Waals surface area contributed by atoms with Crippen LogP contribution in [0, 0.1) is 5.92 Å². The number of likely N-dealkylation sites (tertiary alicyclic amines) is 1. The first kappa shape index (κ1) is 38.9. The number of carbonyl (C=O) groups excluding carboxylic acids is 5. The van der Waals surface area contributed by atoms with Gasteiger partial charge in [-0.1, -0.05) is 34.7 Å². The molecule has 4 amide bonds. The molecule has 3 aliphatic rings. The van der Waals surface area contributed by atoms with Crippen molar-refractivity contribution in [2.75, 3.05) is 6.54 Å². The van der Waals surface area contributed by atoms with Crippen LogP contribution in [0.15, 0.2) is 59.7 Å². The zero-order valence-corrected chi connectivity index (χ0v) is 32.0. The van der Waals surface area contributed by atoms with E-state index in [0.29, 0.717) is 18.2 Å². The fourth-order valence-electron chi connectivity index (χ4n) is 6.16. The molecule has 1 saturated heterocycles. The lowest BCUT2D eigenvalue weighted by Gasteiger charge is -2.30. The first-order chi connectivity index (χ1) is 24.3. The van der Waals surface area contributed by atoms with Crippen LogP contribution in [-0.2, 0) is 33.9 Å². The fourth-order valence-corrected chi connectivity index (χ4v) is 7.88. The zero-order chi connectivity index (χ0) is 38.2. The summed E-state index contributed by atoms with van der Waals surface area (Å²) < 4.78 is 40.0. The van der Waals surface area contributed by atoms with E-state index in [-0.39, 0.29) is 49.5 Å². The van der Waals surface area contributed by atoms with Gasteiger partial charge < -0.3 is 25.0 Å². The number of halogens is 1. The van der Waals surface area contributed by atoms with Gasteiger partial charge in [-0.25, -0.2) is 18.2 Å². The molecule has 0 bridgehead atoms. The number of ketones is 1. The number of aromatic nitrogens is 1. The molecule has 0 spiro atoms. The summed E-state index contributed by atoms with van der Waals surface area (Å²) in [6, 6.07) is 4.88. The molecule has 5 atom stereocenters. The first-order valence-electron chi connectivity index (χ1n) is 17.0. The van der Waals surface area contributed by atoms with E-state index >= 15 is 0 Å². The number of carbonyl (C=O) groups is 5. The minimum Gasteiger partial charge on any atom is -0.472 e. The number of Topliss-reactive ketones (excluding diaryl/α,β-unsaturated/α-hetero) is 1. The number of rotatable bonds is 14. The molecule has 2 aliphatic carbocycles. The van der Waals surface area contributed by atoms with Gasteiger partial charge in [-0.3, -0.25) is 23.9 Å². The number of fused-ring (bicyclic) bond motifs is 1. The molecule has 280 valence electrons. The minimum atomic E-state index is -3.93. The second-order valence-corrected chi connectivity index (χ2v) is 17.5. The van der Waals surface area contributed by atoms with Crippen LogP contribution in [0.3, 0.4) is 0 Å². The van der Waals surface area contributed by atoms with E-state index in [9.17, 15) is 32.4 Å². The van der Waals surface area contributed by atoms with Crippen molar-refractivity contribution in [2.24, 2.45) is 5.92 Å². The molecule has 14 nitrogen and oxygen atoms in total. The van der Waals surface area contributed by atoms with E-state index in [0.717, 1.165) is 9.86 Å². The number of benzene rings is 1. The summed E-state index contributed by atoms with van der Waals surface area (Å²) in [6.07, 6.45) is 2.07. The summed E-state index contributed by atoms with van der Waals surface area (Å²) >= 11 is 3.47. The number of hydrogen-bond donors (Lipinski definition) is 3. The maximum atomic E-state index is 14.4. The third kappa shape index (κ3) is 9.00. The Hall–Kier alpha value is -4.31. The summed E-state index contributed by atoms with van der Waals surface area (Å²) in [5.41, 5.74) is -2.22. The van der Waals surface area contributed by atoms with Crippen molar-refractivity contribution in [3.8, 4) is 5.88 Å². The summed E-state index contributed by atoms with van der Waals surface area (Å²) in [4.78, 5) is 73.2. The molecule has 1 aromatic heterocycles. The molecule has 3 N–H and O–H groups in total. The van der Waals surface area contributed by atoms with E-state index in [1.807, 2.05) is 24.3 Å². The van der Waals surface area contributed by atoms with Gasteiger partial charge in [0.1, 0.15) is 29.3 Å². The predicted molar refractivity (Wildman–Crippen MR) is 195 cm³/mol. The number of amides is 4. The smallest absolute Gasteiger partial charge is 0.408 e. The van der Waals surface area contributed by atoms with Gasteiger partial charge >= 0.3 is 6.09 Å². The predicted octanol–water partition coefficient (Wildman–Crippen LogP) is 3.83. The highest BCUT2D eigenvalue weighted by molar-refractivity contribution is 9.10. The molecule has 52 heavy (non-hydrogen) atoms. The SMILES string of the molecule is C=C[C@@H]1C[C@]1(NC(=O)[C@@H]1C[C@@H](Oc2nccc3ccc(Br)cc23)CN1C(=O)[C@H](CCC(=O)C(=C)C)NC(=O)OC(C)(C)C)C(=O)NS(=O)(=O)C1CC1. The third-order valence-corrected chi connectivity index (χ3v) is 11.5. The van der Waals surface area contributed by atoms with Crippen molar-refractivity contribution in [2.45, 2.75) is 101 Å². The van der Waals surface area contributed by atoms with Gasteiger partial charge in [-0.05, 0) is 82.5 Å². The Morgan fingerprint density at radius 2 is 1.88 bits per heavy atom. The largest absolute Gasteiger partial charge is 0.472 e. The Bertz CT molecular complexity index is 1930. The monoisotopic (exact) mass is 801 g/mol. The molecule has 0 unspecified atom stereocenters. The molecule has 2 saturated carbocycles. The highest BCUT2D eigenvalue weighted by Crippen LogP contribution is 2.45. The summed E-state index contributed by atoms with van der Waals surface area (Å²) in [7, 11) is -3.93. The van der Waals surface area contributed by atoms with Crippen molar-refractivity contribution in [1.29, 1.82) is 0 Å². The second kappa shape index (κ2) is 15.0. The van der Waals surface area contributed by atoms with Crippen molar-refractivity contribution in [3.63, 3.8) is 0 Å². The molecule has 2 aromatic rings. The van der Waals surface area contributed by atoms with Gasteiger partial charge in [-0.2, -0.15) is 0 Å². The topological polar surface area (TPSA) is 190 Å². The third-order valence-electron chi connectivity index (χ3n) is 9.19. The van der Waals surface area contributed by atoms with Gasteiger partial charge in [0.25, 0.3) is 5.91 Å². The van der Waals surface area contributed by atoms with E-state index in [4.69, 9.17) is 9.47 Å². The Balaban J connectivity index is 1.45. The molecule has 1 aliphatic heterocycles. The van der Waals surface area contributed by atoms with Crippen LogP contribution in [0.2, 0.25) is 0 Å². The molecular weight excluding hydrogens is 758 g/mol. The van der Waals surface area contributed by atoms with Crippen LogP contribution in [0.4, 0.5) is 4.79 Å². The van der Waals surface area contributed by atoms with E-state index < -0.39 is 74.3 Å². The van der Waals surface area contributed by atoms with Crippen LogP contribution in [0.1, 0.15) is 66.2 Å². The maximum Gasteiger partial charge on any atom is 0.408 e. The number of sulfonamides is 1. The number of pyridine rings is 1. The van der Waals surface area contributed by atoms with Gasteiger partial charge in [0.2, 0.25) is 27.7 Å². The van der Waals surface area contributed by atoms with Gasteiger partial charge in [-0.15, -0.1) is 6.58 Å². The number of nitrogens with zero attached hydrogens (tertiary/aromatic N) is 2. The van der Waals surface area contributed by atoms with Crippen molar-refractivity contribution in [1.82, 2.24) is 25.2 Å². The van der Waals surface area contributed by atoms with E-state index in [1.54, 1.807) is 33.9 Å². The molecule has 5 rings (SSSR count). The Morgan fingerprint density at radius 3 is 2.50 bits per heavy atom. The average molecular weight is 803 g/mol. The van der Waals surface area contributed by atoms with Crippen LogP contribution in [0.5, 0.6) is 5.88 Å². The molecular formula is C36H44BrN5O9S. The van der Waals surface area contributed by atoms with Crippen molar-refractivity contribution >= 4 is 66.3 Å². The summed E-state index contributed by atoms with van der Waals surface area (Å²) in [5.74, 6) is -2.90. The van der Waals surface area contributed by atoms with Gasteiger partial charge in [0.15, 0.2) is 5.78 Å². The second-order valence-electron chi connectivity index (χ2n) is 14.6. The normalized spacial score (nSPS) is 23.2. The Labute approximate surface area is 311 Å². The lowest BCUT2D eigenvalue weighted by atomic mass is 10.0. The van der Waals surface area contributed by atoms with Gasteiger partial charge in [0.05, 0.1) is 11.8 Å². The van der Waals surface area contributed by atoms with Gasteiger partial charge in [0, 0.05) is 34.8 Å². The zero-order valence-electron chi connectivity index (χ0n) is 29.6. The molecule has 1 aromatic carbocycles. The van der Waals surface area contributed by atoms with Crippen LogP contribution in [0.25, 0.3) is 10.8 Å². The summed E-state index contributed by atoms with van der Waals surface area (Å²) in [5, 5.41) is 6.17. The lowest BCUT2D eigenvalue weighted by molar-refractivity contribution is -0.141. The van der Waals surface area contributed by atoms with Crippen molar-refractivity contribution < 1.29 is 41.9 Å².